The molecule has 2 N–H and O–H groups in total. The summed E-state index contributed by atoms with van der Waals surface area (Å²) in [7, 11) is 1.74. The van der Waals surface area contributed by atoms with Crippen molar-refractivity contribution >= 4 is 34.1 Å². The maximum Gasteiger partial charge on any atom is 0.228 e. The monoisotopic (exact) mass is 458 g/mol. The van der Waals surface area contributed by atoms with Crippen LogP contribution in [0.5, 0.6) is 0 Å². The summed E-state index contributed by atoms with van der Waals surface area (Å²) >= 11 is 0. The highest BCUT2D eigenvalue weighted by atomic mass is 16.2. The van der Waals surface area contributed by atoms with Crippen LogP contribution < -0.4 is 10.6 Å². The van der Waals surface area contributed by atoms with E-state index in [1.807, 2.05) is 19.1 Å². The van der Waals surface area contributed by atoms with Gasteiger partial charge in [0.1, 0.15) is 11.2 Å². The third kappa shape index (κ3) is 3.39. The van der Waals surface area contributed by atoms with Crippen LogP contribution in [0.1, 0.15) is 17.5 Å². The van der Waals surface area contributed by atoms with E-state index in [0.29, 0.717) is 34.0 Å². The molecule has 1 aliphatic rings. The largest absolute Gasteiger partial charge is 0.371 e. The van der Waals surface area contributed by atoms with Crippen molar-refractivity contribution in [3.8, 4) is 22.6 Å². The van der Waals surface area contributed by atoms with Gasteiger partial charge in [0.05, 0.1) is 6.20 Å². The Morgan fingerprint density at radius 3 is 2.88 bits per heavy atom. The standard InChI is InChI=1S/C22H21N11O/c1-11-6-13(11)22(34)26-17-7-14-15(8-24-21(23-2)19(14)29-28-17)20-27-18-5-4-12(10-33(18)31-20)16-9-25-32(3)30-16/h4-5,7-11,13H,6H2,1-3H3,(H,23,24)(H,26,28,34)/t11-,13+/m1/s1/i2D3. The number of pyridine rings is 2. The van der Waals surface area contributed by atoms with E-state index in [0.717, 1.165) is 12.0 Å². The molecule has 0 saturated heterocycles. The normalized spacial score (nSPS) is 18.9. The minimum absolute atomic E-state index is 0.0358. The number of hydrogen-bond donors (Lipinski definition) is 2. The quantitative estimate of drug-likeness (QED) is 0.405. The Morgan fingerprint density at radius 1 is 1.24 bits per heavy atom. The Kier molecular flexibility index (Phi) is 3.78. The highest BCUT2D eigenvalue weighted by Crippen LogP contribution is 2.38. The van der Waals surface area contributed by atoms with Crippen molar-refractivity contribution in [2.45, 2.75) is 13.3 Å². The van der Waals surface area contributed by atoms with Crippen molar-refractivity contribution in [2.75, 3.05) is 17.6 Å². The smallest absolute Gasteiger partial charge is 0.228 e. The molecule has 1 amide bonds. The lowest BCUT2D eigenvalue weighted by Gasteiger charge is -2.09. The Bertz CT molecular complexity index is 1680. The summed E-state index contributed by atoms with van der Waals surface area (Å²) < 4.78 is 24.3. The lowest BCUT2D eigenvalue weighted by atomic mass is 10.1. The van der Waals surface area contributed by atoms with Crippen LogP contribution in [0.15, 0.2) is 36.8 Å². The van der Waals surface area contributed by atoms with Crippen LogP contribution in [0.3, 0.4) is 0 Å². The molecular weight excluding hydrogens is 434 g/mol. The van der Waals surface area contributed by atoms with E-state index < -0.39 is 6.98 Å². The molecule has 2 atom stereocenters. The van der Waals surface area contributed by atoms with Gasteiger partial charge in [-0.3, -0.25) is 4.79 Å². The third-order valence-electron chi connectivity index (χ3n) is 5.91. The van der Waals surface area contributed by atoms with E-state index in [4.69, 9.17) is 4.11 Å². The number of carbonyl (C=O) groups is 1. The summed E-state index contributed by atoms with van der Waals surface area (Å²) in [6.07, 6.45) is 5.75. The summed E-state index contributed by atoms with van der Waals surface area (Å²) in [4.78, 5) is 22.8. The summed E-state index contributed by atoms with van der Waals surface area (Å²) in [6, 6.07) is 5.31. The van der Waals surface area contributed by atoms with Crippen LogP contribution in [0.2, 0.25) is 0 Å². The van der Waals surface area contributed by atoms with Crippen LogP contribution >= 0.6 is 0 Å². The predicted molar refractivity (Wildman–Crippen MR) is 125 cm³/mol. The first-order chi connectivity index (χ1) is 17.6. The van der Waals surface area contributed by atoms with Gasteiger partial charge in [-0.05, 0) is 30.5 Å². The van der Waals surface area contributed by atoms with Gasteiger partial charge in [0, 0.05) is 53.0 Å². The fourth-order valence-corrected chi connectivity index (χ4v) is 3.90. The average Bonchev–Trinajstić information content (AvgIpc) is 3.22. The Hall–Kier alpha value is -4.48. The molecule has 0 aromatic carbocycles. The van der Waals surface area contributed by atoms with Gasteiger partial charge in [-0.1, -0.05) is 6.92 Å². The third-order valence-corrected chi connectivity index (χ3v) is 5.91. The second kappa shape index (κ2) is 7.54. The number of aryl methyl sites for hydroxylation is 1. The molecule has 170 valence electrons. The van der Waals surface area contributed by atoms with E-state index in [9.17, 15) is 4.79 Å². The molecule has 5 aromatic heterocycles. The number of anilines is 2. The molecular formula is C22H21N11O. The highest BCUT2D eigenvalue weighted by molar-refractivity contribution is 6.01. The predicted octanol–water partition coefficient (Wildman–Crippen LogP) is 2.17. The van der Waals surface area contributed by atoms with E-state index in [1.165, 1.54) is 11.0 Å². The number of amides is 1. The molecule has 0 aliphatic heterocycles. The van der Waals surface area contributed by atoms with Crippen molar-refractivity contribution in [2.24, 2.45) is 18.9 Å². The van der Waals surface area contributed by atoms with Gasteiger partial charge in [0.25, 0.3) is 0 Å². The highest BCUT2D eigenvalue weighted by Gasteiger charge is 2.39. The van der Waals surface area contributed by atoms with Gasteiger partial charge in [0.2, 0.25) is 5.91 Å². The van der Waals surface area contributed by atoms with Crippen molar-refractivity contribution in [1.29, 1.82) is 0 Å². The SMILES string of the molecule is [2H]C([2H])([2H])Nc1ncc(-c2nc3ccc(-c4cnn(C)n4)cn3n2)c2cc(NC(=O)[C@H]3C[C@H]3C)nnc12. The van der Waals surface area contributed by atoms with Gasteiger partial charge in [0.15, 0.2) is 23.1 Å². The second-order valence-corrected chi connectivity index (χ2v) is 8.32. The first-order valence-electron chi connectivity index (χ1n) is 12.1. The molecule has 0 radical (unpaired) electrons. The fraction of sp³-hybridized carbons (Fsp3) is 0.273. The van der Waals surface area contributed by atoms with Crippen molar-refractivity contribution in [3.63, 3.8) is 0 Å². The van der Waals surface area contributed by atoms with Crippen molar-refractivity contribution < 1.29 is 8.91 Å². The van der Waals surface area contributed by atoms with E-state index in [2.05, 4.69) is 46.1 Å². The molecule has 5 aromatic rings. The minimum Gasteiger partial charge on any atom is -0.371 e. The fourth-order valence-electron chi connectivity index (χ4n) is 3.90. The van der Waals surface area contributed by atoms with Crippen LogP contribution in [-0.2, 0) is 11.8 Å². The maximum absolute atomic E-state index is 12.5. The summed E-state index contributed by atoms with van der Waals surface area (Å²) in [5, 5.41) is 27.0. The first-order valence-corrected chi connectivity index (χ1v) is 10.6. The Balaban J connectivity index is 1.44. The molecule has 1 aliphatic carbocycles. The van der Waals surface area contributed by atoms with Crippen LogP contribution in [0.4, 0.5) is 11.6 Å². The van der Waals surface area contributed by atoms with Crippen LogP contribution in [-0.4, -0.2) is 57.7 Å². The topological polar surface area (TPSA) is 141 Å². The molecule has 1 saturated carbocycles. The number of rotatable bonds is 5. The molecule has 6 rings (SSSR count). The van der Waals surface area contributed by atoms with Gasteiger partial charge in [-0.2, -0.15) is 15.0 Å². The summed E-state index contributed by atoms with van der Waals surface area (Å²) in [5.74, 6) is 0.782. The Morgan fingerprint density at radius 2 is 2.12 bits per heavy atom. The van der Waals surface area contributed by atoms with Gasteiger partial charge >= 0.3 is 0 Å². The van der Waals surface area contributed by atoms with E-state index >= 15 is 0 Å². The lowest BCUT2D eigenvalue weighted by Crippen LogP contribution is -2.16. The molecule has 1 fully saturated rings. The molecule has 34 heavy (non-hydrogen) atoms. The Labute approximate surface area is 197 Å². The van der Waals surface area contributed by atoms with E-state index in [1.54, 1.807) is 30.0 Å². The number of carbonyl (C=O) groups excluding carboxylic acids is 1. The van der Waals surface area contributed by atoms with Crippen molar-refractivity contribution in [1.82, 2.24) is 44.8 Å². The molecule has 12 heteroatoms. The zero-order chi connectivity index (χ0) is 25.9. The summed E-state index contributed by atoms with van der Waals surface area (Å²) in [5.41, 5.74) is 2.79. The lowest BCUT2D eigenvalue weighted by molar-refractivity contribution is -0.117. The summed E-state index contributed by atoms with van der Waals surface area (Å²) in [6.45, 7) is -0.478. The number of aromatic nitrogens is 9. The van der Waals surface area contributed by atoms with E-state index in [-0.39, 0.29) is 29.0 Å². The van der Waals surface area contributed by atoms with Crippen molar-refractivity contribution in [3.05, 3.63) is 36.8 Å². The zero-order valence-electron chi connectivity index (χ0n) is 21.3. The number of nitrogens with zero attached hydrogens (tertiary/aromatic N) is 9. The number of hydrogen-bond acceptors (Lipinski definition) is 9. The van der Waals surface area contributed by atoms with Crippen LogP contribution in [0, 0.1) is 11.8 Å². The number of fused-ring (bicyclic) bond motifs is 2. The maximum atomic E-state index is 12.5. The molecule has 0 bridgehead atoms. The molecule has 12 nitrogen and oxygen atoms in total. The molecule has 5 heterocycles. The van der Waals surface area contributed by atoms with Crippen LogP contribution in [0.25, 0.3) is 39.2 Å². The first kappa shape index (κ1) is 17.1. The number of nitrogens with one attached hydrogen (secondary N) is 2. The van der Waals surface area contributed by atoms with Gasteiger partial charge in [-0.25, -0.2) is 14.5 Å². The van der Waals surface area contributed by atoms with Gasteiger partial charge < -0.3 is 10.6 Å². The van der Waals surface area contributed by atoms with Gasteiger partial charge in [-0.15, -0.1) is 15.3 Å². The average molecular weight is 459 g/mol. The minimum atomic E-state index is -2.49. The molecule has 0 spiro atoms. The second-order valence-electron chi connectivity index (χ2n) is 8.32. The molecule has 0 unspecified atom stereocenters. The zero-order valence-corrected chi connectivity index (χ0v) is 18.3.